The maximum atomic E-state index is 13.3. The molecule has 0 aromatic carbocycles. The molecule has 94 valence electrons. The normalized spacial score (nSPS) is 10.3. The van der Waals surface area contributed by atoms with Crippen molar-refractivity contribution in [2.75, 3.05) is 6.54 Å². The van der Waals surface area contributed by atoms with Crippen molar-refractivity contribution < 1.29 is 13.6 Å². The first-order chi connectivity index (χ1) is 8.68. The Labute approximate surface area is 106 Å². The van der Waals surface area contributed by atoms with Crippen LogP contribution in [-0.2, 0) is 6.42 Å². The van der Waals surface area contributed by atoms with E-state index in [4.69, 9.17) is 0 Å². The van der Waals surface area contributed by atoms with E-state index in [9.17, 15) is 13.6 Å². The monoisotopic (exact) mass is 268 g/mol. The molecular weight excluding hydrogens is 258 g/mol. The van der Waals surface area contributed by atoms with Crippen LogP contribution in [-0.4, -0.2) is 17.4 Å². The number of pyridine rings is 1. The molecule has 0 saturated heterocycles. The van der Waals surface area contributed by atoms with E-state index >= 15 is 0 Å². The number of amides is 1. The molecule has 2 aromatic rings. The lowest BCUT2D eigenvalue weighted by Gasteiger charge is -2.05. The molecular formula is C12H10F2N2OS. The van der Waals surface area contributed by atoms with Crippen LogP contribution < -0.4 is 5.32 Å². The highest BCUT2D eigenvalue weighted by Gasteiger charge is 2.15. The molecule has 0 fully saturated rings. The van der Waals surface area contributed by atoms with Crippen molar-refractivity contribution in [2.45, 2.75) is 6.42 Å². The number of carbonyl (C=O) groups is 1. The third-order valence-corrected chi connectivity index (χ3v) is 3.10. The Morgan fingerprint density at radius 3 is 2.94 bits per heavy atom. The van der Waals surface area contributed by atoms with E-state index < -0.39 is 17.7 Å². The number of nitrogens with zero attached hydrogens (tertiary/aromatic N) is 1. The fourth-order valence-corrected chi connectivity index (χ4v) is 2.15. The zero-order chi connectivity index (χ0) is 13.0. The van der Waals surface area contributed by atoms with Gasteiger partial charge in [-0.25, -0.2) is 9.37 Å². The van der Waals surface area contributed by atoms with E-state index in [2.05, 4.69) is 10.3 Å². The standard InChI is InChI=1S/C12H10F2N2OS/c13-10-9(2-5-15-11(10)14)12(17)16-4-1-8-3-6-18-7-8/h2-3,5-7H,1,4H2,(H,16,17). The summed E-state index contributed by atoms with van der Waals surface area (Å²) in [5, 5.41) is 6.45. The molecule has 2 aromatic heterocycles. The number of hydrogen-bond donors (Lipinski definition) is 1. The minimum absolute atomic E-state index is 0.326. The van der Waals surface area contributed by atoms with Gasteiger partial charge in [-0.3, -0.25) is 4.79 Å². The summed E-state index contributed by atoms with van der Waals surface area (Å²) in [6.45, 7) is 0.374. The van der Waals surface area contributed by atoms with Gasteiger partial charge in [-0.15, -0.1) is 0 Å². The van der Waals surface area contributed by atoms with Crippen LogP contribution in [0.25, 0.3) is 0 Å². The van der Waals surface area contributed by atoms with Crippen molar-refractivity contribution >= 4 is 17.2 Å². The first-order valence-electron chi connectivity index (χ1n) is 5.28. The van der Waals surface area contributed by atoms with Gasteiger partial charge >= 0.3 is 0 Å². The summed E-state index contributed by atoms with van der Waals surface area (Å²) < 4.78 is 26.1. The van der Waals surface area contributed by atoms with Gasteiger partial charge in [-0.05, 0) is 34.9 Å². The summed E-state index contributed by atoms with van der Waals surface area (Å²) in [4.78, 5) is 14.7. The van der Waals surface area contributed by atoms with Crippen molar-refractivity contribution in [1.82, 2.24) is 10.3 Å². The van der Waals surface area contributed by atoms with Crippen LogP contribution in [0.5, 0.6) is 0 Å². The van der Waals surface area contributed by atoms with E-state index in [0.717, 1.165) is 17.8 Å². The first-order valence-corrected chi connectivity index (χ1v) is 6.22. The molecule has 0 bridgehead atoms. The molecule has 2 rings (SSSR count). The van der Waals surface area contributed by atoms with Gasteiger partial charge < -0.3 is 5.32 Å². The van der Waals surface area contributed by atoms with Crippen LogP contribution in [0.1, 0.15) is 15.9 Å². The molecule has 1 N–H and O–H groups in total. The summed E-state index contributed by atoms with van der Waals surface area (Å²) >= 11 is 1.57. The third kappa shape index (κ3) is 2.89. The Bertz CT molecular complexity index is 543. The van der Waals surface area contributed by atoms with Gasteiger partial charge in [0.25, 0.3) is 5.91 Å². The number of hydrogen-bond acceptors (Lipinski definition) is 3. The second-order valence-electron chi connectivity index (χ2n) is 3.60. The number of aromatic nitrogens is 1. The minimum Gasteiger partial charge on any atom is -0.352 e. The number of halogens is 2. The highest BCUT2D eigenvalue weighted by atomic mass is 32.1. The summed E-state index contributed by atoms with van der Waals surface area (Å²) in [6.07, 6.45) is 1.72. The minimum atomic E-state index is -1.26. The van der Waals surface area contributed by atoms with Crippen LogP contribution in [0, 0.1) is 11.8 Å². The number of carbonyl (C=O) groups excluding carboxylic acids is 1. The molecule has 0 spiro atoms. The van der Waals surface area contributed by atoms with Gasteiger partial charge in [0.1, 0.15) is 0 Å². The van der Waals surface area contributed by atoms with Gasteiger partial charge in [-0.1, -0.05) is 0 Å². The molecule has 18 heavy (non-hydrogen) atoms. The summed E-state index contributed by atoms with van der Waals surface area (Å²) in [7, 11) is 0. The quantitative estimate of drug-likeness (QED) is 0.865. The van der Waals surface area contributed by atoms with Crippen LogP contribution in [0.3, 0.4) is 0 Å². The second kappa shape index (κ2) is 5.68. The molecule has 0 unspecified atom stereocenters. The summed E-state index contributed by atoms with van der Waals surface area (Å²) in [5.41, 5.74) is 0.773. The zero-order valence-corrected chi connectivity index (χ0v) is 10.1. The van der Waals surface area contributed by atoms with E-state index in [1.165, 1.54) is 0 Å². The SMILES string of the molecule is O=C(NCCc1ccsc1)c1ccnc(F)c1F. The van der Waals surface area contributed by atoms with Crippen molar-refractivity contribution in [3.8, 4) is 0 Å². The molecule has 0 aliphatic rings. The van der Waals surface area contributed by atoms with Gasteiger partial charge in [-0.2, -0.15) is 15.7 Å². The fourth-order valence-electron chi connectivity index (χ4n) is 1.44. The Kier molecular flexibility index (Phi) is 3.99. The van der Waals surface area contributed by atoms with Crippen LogP contribution >= 0.6 is 11.3 Å². The lowest BCUT2D eigenvalue weighted by molar-refractivity contribution is 0.0948. The van der Waals surface area contributed by atoms with Crippen molar-refractivity contribution in [1.29, 1.82) is 0 Å². The predicted molar refractivity (Wildman–Crippen MR) is 64.5 cm³/mol. The van der Waals surface area contributed by atoms with Crippen molar-refractivity contribution in [2.24, 2.45) is 0 Å². The Balaban J connectivity index is 1.93. The molecule has 0 atom stereocenters. The second-order valence-corrected chi connectivity index (χ2v) is 4.38. The van der Waals surface area contributed by atoms with E-state index in [-0.39, 0.29) is 5.56 Å². The maximum Gasteiger partial charge on any atom is 0.254 e. The van der Waals surface area contributed by atoms with E-state index in [0.29, 0.717) is 13.0 Å². The molecule has 3 nitrogen and oxygen atoms in total. The molecule has 0 saturated carbocycles. The number of nitrogens with one attached hydrogen (secondary N) is 1. The Morgan fingerprint density at radius 2 is 2.22 bits per heavy atom. The molecule has 0 aliphatic heterocycles. The lowest BCUT2D eigenvalue weighted by Crippen LogP contribution is -2.26. The Morgan fingerprint density at radius 1 is 1.39 bits per heavy atom. The highest BCUT2D eigenvalue weighted by molar-refractivity contribution is 7.07. The topological polar surface area (TPSA) is 42.0 Å². The van der Waals surface area contributed by atoms with Gasteiger partial charge in [0.15, 0.2) is 5.82 Å². The highest BCUT2D eigenvalue weighted by Crippen LogP contribution is 2.09. The summed E-state index contributed by atoms with van der Waals surface area (Å²) in [6, 6.07) is 3.10. The molecule has 1 amide bonds. The fraction of sp³-hybridized carbons (Fsp3) is 0.167. The van der Waals surface area contributed by atoms with Crippen molar-refractivity contribution in [3.63, 3.8) is 0 Å². The van der Waals surface area contributed by atoms with Crippen LogP contribution in [0.2, 0.25) is 0 Å². The van der Waals surface area contributed by atoms with E-state index in [1.807, 2.05) is 16.8 Å². The number of rotatable bonds is 4. The predicted octanol–water partition coefficient (Wildman–Crippen LogP) is 2.39. The van der Waals surface area contributed by atoms with Gasteiger partial charge in [0.2, 0.25) is 5.95 Å². The largest absolute Gasteiger partial charge is 0.352 e. The van der Waals surface area contributed by atoms with Crippen molar-refractivity contribution in [3.05, 3.63) is 52.0 Å². The summed E-state index contributed by atoms with van der Waals surface area (Å²) in [5.74, 6) is -3.12. The molecule has 6 heteroatoms. The molecule has 0 aliphatic carbocycles. The van der Waals surface area contributed by atoms with Crippen LogP contribution in [0.15, 0.2) is 29.1 Å². The van der Waals surface area contributed by atoms with Gasteiger partial charge in [0, 0.05) is 12.7 Å². The van der Waals surface area contributed by atoms with Gasteiger partial charge in [0.05, 0.1) is 5.56 Å². The lowest BCUT2D eigenvalue weighted by atomic mass is 10.2. The number of thiophene rings is 1. The average Bonchev–Trinajstić information content (AvgIpc) is 2.85. The third-order valence-electron chi connectivity index (χ3n) is 2.37. The van der Waals surface area contributed by atoms with Crippen LogP contribution in [0.4, 0.5) is 8.78 Å². The first kappa shape index (κ1) is 12.6. The maximum absolute atomic E-state index is 13.3. The van der Waals surface area contributed by atoms with E-state index in [1.54, 1.807) is 11.3 Å². The zero-order valence-electron chi connectivity index (χ0n) is 9.32. The Hall–Kier alpha value is -1.82. The average molecular weight is 268 g/mol. The molecule has 0 radical (unpaired) electrons. The smallest absolute Gasteiger partial charge is 0.254 e. The molecule has 2 heterocycles.